The van der Waals surface area contributed by atoms with Crippen molar-refractivity contribution in [3.63, 3.8) is 0 Å². The molecule has 152 valence electrons. The summed E-state index contributed by atoms with van der Waals surface area (Å²) >= 11 is 0. The van der Waals surface area contributed by atoms with E-state index in [9.17, 15) is 14.4 Å². The monoisotopic (exact) mass is 396 g/mol. The fraction of sp³-hybridized carbons (Fsp3) is 0.318. The Hall–Kier alpha value is -3.35. The summed E-state index contributed by atoms with van der Waals surface area (Å²) in [6.45, 7) is 0.628. The summed E-state index contributed by atoms with van der Waals surface area (Å²) in [6.07, 6.45) is 1.38. The van der Waals surface area contributed by atoms with Gasteiger partial charge in [0.05, 0.1) is 11.5 Å². The molecule has 1 aliphatic heterocycles. The number of esters is 1. The van der Waals surface area contributed by atoms with E-state index in [0.717, 1.165) is 0 Å². The highest BCUT2D eigenvalue weighted by molar-refractivity contribution is 5.92. The molecule has 1 saturated heterocycles. The number of para-hydroxylation sites is 1. The molecular formula is C22H24N2O5. The first-order chi connectivity index (χ1) is 14.0. The number of rotatable bonds is 7. The number of benzene rings is 2. The van der Waals surface area contributed by atoms with Crippen LogP contribution in [0.4, 0.5) is 0 Å². The Balaban J connectivity index is 1.56. The summed E-state index contributed by atoms with van der Waals surface area (Å²) in [7, 11) is 0. The molecule has 0 bridgehead atoms. The van der Waals surface area contributed by atoms with Crippen molar-refractivity contribution in [1.82, 2.24) is 4.90 Å². The first-order valence-corrected chi connectivity index (χ1v) is 9.54. The standard InChI is InChI=1S/C22H24N2O5/c23-21(26)16-8-6-12-24(13-16)20(25)15-29-22(27)19-11-5-4-7-17(19)14-28-18-9-2-1-3-10-18/h1-5,7,9-11,16H,6,8,12-15H2,(H2,23,26)/t16-/m0/s1. The predicted molar refractivity (Wildman–Crippen MR) is 106 cm³/mol. The highest BCUT2D eigenvalue weighted by atomic mass is 16.5. The minimum Gasteiger partial charge on any atom is -0.489 e. The lowest BCUT2D eigenvalue weighted by Gasteiger charge is -2.31. The SMILES string of the molecule is NC(=O)[C@H]1CCCN(C(=O)COC(=O)c2ccccc2COc2ccccc2)C1. The largest absolute Gasteiger partial charge is 0.489 e. The highest BCUT2D eigenvalue weighted by Crippen LogP contribution is 2.18. The average molecular weight is 396 g/mol. The second-order valence-corrected chi connectivity index (χ2v) is 6.92. The summed E-state index contributed by atoms with van der Waals surface area (Å²) in [5.41, 5.74) is 6.36. The molecule has 1 atom stereocenters. The summed E-state index contributed by atoms with van der Waals surface area (Å²) in [5, 5.41) is 0. The van der Waals surface area contributed by atoms with Crippen LogP contribution in [0.25, 0.3) is 0 Å². The lowest BCUT2D eigenvalue weighted by Crippen LogP contribution is -2.45. The number of ether oxygens (including phenoxy) is 2. The van der Waals surface area contributed by atoms with Crippen LogP contribution in [0.2, 0.25) is 0 Å². The normalized spacial score (nSPS) is 16.1. The van der Waals surface area contributed by atoms with Gasteiger partial charge in [-0.3, -0.25) is 9.59 Å². The second kappa shape index (κ2) is 9.73. The van der Waals surface area contributed by atoms with Crippen molar-refractivity contribution in [1.29, 1.82) is 0 Å². The Kier molecular flexibility index (Phi) is 6.84. The molecule has 1 aliphatic rings. The van der Waals surface area contributed by atoms with Gasteiger partial charge in [0.25, 0.3) is 5.91 Å². The number of amides is 2. The van der Waals surface area contributed by atoms with Crippen molar-refractivity contribution in [3.05, 3.63) is 65.7 Å². The maximum absolute atomic E-state index is 12.5. The fourth-order valence-electron chi connectivity index (χ4n) is 3.26. The number of hydrogen-bond donors (Lipinski definition) is 1. The van der Waals surface area contributed by atoms with E-state index in [-0.39, 0.29) is 31.6 Å². The maximum atomic E-state index is 12.5. The molecular weight excluding hydrogens is 372 g/mol. The third kappa shape index (κ3) is 5.57. The molecule has 0 spiro atoms. The van der Waals surface area contributed by atoms with Crippen LogP contribution >= 0.6 is 0 Å². The minimum absolute atomic E-state index is 0.204. The zero-order valence-electron chi connectivity index (χ0n) is 16.1. The van der Waals surface area contributed by atoms with Crippen molar-refractivity contribution in [3.8, 4) is 5.75 Å². The van der Waals surface area contributed by atoms with Gasteiger partial charge in [-0.2, -0.15) is 0 Å². The summed E-state index contributed by atoms with van der Waals surface area (Å²) in [4.78, 5) is 37.8. The first-order valence-electron chi connectivity index (χ1n) is 9.54. The maximum Gasteiger partial charge on any atom is 0.339 e. The van der Waals surface area contributed by atoms with Crippen LogP contribution < -0.4 is 10.5 Å². The molecule has 0 radical (unpaired) electrons. The predicted octanol–water partition coefficient (Wildman–Crippen LogP) is 2.15. The van der Waals surface area contributed by atoms with Crippen molar-refractivity contribution >= 4 is 17.8 Å². The van der Waals surface area contributed by atoms with Crippen molar-refractivity contribution in [2.45, 2.75) is 19.4 Å². The van der Waals surface area contributed by atoms with Gasteiger partial charge in [-0.05, 0) is 31.0 Å². The van der Waals surface area contributed by atoms with Crippen LogP contribution in [0.3, 0.4) is 0 Å². The van der Waals surface area contributed by atoms with Gasteiger partial charge in [0.1, 0.15) is 12.4 Å². The molecule has 2 aromatic rings. The van der Waals surface area contributed by atoms with Gasteiger partial charge < -0.3 is 20.1 Å². The Bertz CT molecular complexity index is 869. The lowest BCUT2D eigenvalue weighted by molar-refractivity contribution is -0.137. The zero-order valence-corrected chi connectivity index (χ0v) is 16.1. The van der Waals surface area contributed by atoms with Gasteiger partial charge in [0.15, 0.2) is 6.61 Å². The van der Waals surface area contributed by atoms with E-state index < -0.39 is 11.9 Å². The van der Waals surface area contributed by atoms with Gasteiger partial charge >= 0.3 is 5.97 Å². The van der Waals surface area contributed by atoms with Gasteiger partial charge in [-0.15, -0.1) is 0 Å². The molecule has 0 unspecified atom stereocenters. The summed E-state index contributed by atoms with van der Waals surface area (Å²) in [6, 6.07) is 16.2. The molecule has 29 heavy (non-hydrogen) atoms. The first kappa shape index (κ1) is 20.4. The van der Waals surface area contributed by atoms with Crippen molar-refractivity contribution in [2.75, 3.05) is 19.7 Å². The van der Waals surface area contributed by atoms with Crippen LogP contribution in [-0.2, 0) is 20.9 Å². The van der Waals surface area contributed by atoms with E-state index in [1.165, 1.54) is 4.90 Å². The molecule has 1 fully saturated rings. The van der Waals surface area contributed by atoms with E-state index in [0.29, 0.717) is 36.3 Å². The second-order valence-electron chi connectivity index (χ2n) is 6.92. The molecule has 7 heteroatoms. The van der Waals surface area contributed by atoms with Crippen molar-refractivity contribution < 1.29 is 23.9 Å². The van der Waals surface area contributed by atoms with E-state index in [4.69, 9.17) is 15.2 Å². The zero-order chi connectivity index (χ0) is 20.6. The molecule has 0 aromatic heterocycles. The molecule has 1 heterocycles. The smallest absolute Gasteiger partial charge is 0.339 e. The molecule has 7 nitrogen and oxygen atoms in total. The van der Waals surface area contributed by atoms with E-state index in [1.54, 1.807) is 18.2 Å². The highest BCUT2D eigenvalue weighted by Gasteiger charge is 2.27. The lowest BCUT2D eigenvalue weighted by atomic mass is 9.97. The number of piperidine rings is 1. The van der Waals surface area contributed by atoms with Gasteiger partial charge in [0, 0.05) is 18.7 Å². The third-order valence-corrected chi connectivity index (χ3v) is 4.88. The van der Waals surface area contributed by atoms with Gasteiger partial charge in [-0.1, -0.05) is 36.4 Å². The number of nitrogens with zero attached hydrogens (tertiary/aromatic N) is 1. The number of primary amides is 1. The number of likely N-dealkylation sites (tertiary alicyclic amines) is 1. The number of hydrogen-bond acceptors (Lipinski definition) is 5. The fourth-order valence-corrected chi connectivity index (χ4v) is 3.26. The van der Waals surface area contributed by atoms with E-state index in [1.807, 2.05) is 36.4 Å². The molecule has 0 aliphatic carbocycles. The minimum atomic E-state index is -0.589. The quantitative estimate of drug-likeness (QED) is 0.723. The van der Waals surface area contributed by atoms with Gasteiger partial charge in [-0.25, -0.2) is 4.79 Å². The number of nitrogens with two attached hydrogens (primary N) is 1. The Morgan fingerprint density at radius 2 is 1.76 bits per heavy atom. The Morgan fingerprint density at radius 1 is 1.03 bits per heavy atom. The molecule has 0 saturated carbocycles. The Labute approximate surface area is 169 Å². The number of carbonyl (C=O) groups is 3. The van der Waals surface area contributed by atoms with E-state index in [2.05, 4.69) is 0 Å². The molecule has 2 aromatic carbocycles. The third-order valence-electron chi connectivity index (χ3n) is 4.88. The topological polar surface area (TPSA) is 98.9 Å². The number of carbonyl (C=O) groups excluding carboxylic acids is 3. The average Bonchev–Trinajstić information content (AvgIpc) is 2.76. The summed E-state index contributed by atoms with van der Waals surface area (Å²) in [5.74, 6) is -0.984. The van der Waals surface area contributed by atoms with Crippen LogP contribution in [-0.4, -0.2) is 42.4 Å². The molecule has 2 N–H and O–H groups in total. The molecule has 3 rings (SSSR count). The van der Waals surface area contributed by atoms with Crippen LogP contribution in [0, 0.1) is 5.92 Å². The van der Waals surface area contributed by atoms with Crippen molar-refractivity contribution in [2.24, 2.45) is 11.7 Å². The van der Waals surface area contributed by atoms with Crippen LogP contribution in [0.5, 0.6) is 5.75 Å². The Morgan fingerprint density at radius 3 is 2.52 bits per heavy atom. The summed E-state index contributed by atoms with van der Waals surface area (Å²) < 4.78 is 10.9. The van der Waals surface area contributed by atoms with Crippen LogP contribution in [0.15, 0.2) is 54.6 Å². The van der Waals surface area contributed by atoms with Gasteiger partial charge in [0.2, 0.25) is 5.91 Å². The van der Waals surface area contributed by atoms with Crippen LogP contribution in [0.1, 0.15) is 28.8 Å². The molecule has 2 amide bonds. The van der Waals surface area contributed by atoms with E-state index >= 15 is 0 Å².